The zero-order chi connectivity index (χ0) is 11.4. The first kappa shape index (κ1) is 11.7. The first-order valence-electron chi connectivity index (χ1n) is 5.11. The van der Waals surface area contributed by atoms with Crippen LogP contribution in [0.3, 0.4) is 0 Å². The van der Waals surface area contributed by atoms with Crippen LogP contribution in [-0.4, -0.2) is 14.8 Å². The average molecular weight is 300 g/mol. The number of nitrogens with one attached hydrogen (secondary N) is 1. The molecule has 4 heteroatoms. The number of benzene rings is 1. The summed E-state index contributed by atoms with van der Waals surface area (Å²) in [5.41, 5.74) is 1.24. The molecule has 1 heterocycles. The number of hydrogen-bond acceptors (Lipinski definition) is 1. The molecule has 0 spiro atoms. The van der Waals surface area contributed by atoms with E-state index in [0.29, 0.717) is 4.83 Å². The molecule has 0 saturated heterocycles. The summed E-state index contributed by atoms with van der Waals surface area (Å²) in [5, 5.41) is 0.787. The summed E-state index contributed by atoms with van der Waals surface area (Å²) in [4.78, 5) is 7.67. The van der Waals surface area contributed by atoms with Crippen molar-refractivity contribution in [2.24, 2.45) is 0 Å². The van der Waals surface area contributed by atoms with Crippen LogP contribution in [0.2, 0.25) is 5.02 Å². The third-order valence-electron chi connectivity index (χ3n) is 2.32. The number of H-pyrrole nitrogens is 1. The molecule has 0 saturated carbocycles. The van der Waals surface area contributed by atoms with Gasteiger partial charge in [-0.1, -0.05) is 39.7 Å². The minimum atomic E-state index is 0.372. The Morgan fingerprint density at radius 2 is 2.25 bits per heavy atom. The number of imidazole rings is 1. The molecule has 2 aromatic rings. The fraction of sp³-hybridized carbons (Fsp3) is 0.250. The fourth-order valence-electron chi connectivity index (χ4n) is 1.61. The van der Waals surface area contributed by atoms with Crippen LogP contribution < -0.4 is 0 Å². The predicted octanol–water partition coefficient (Wildman–Crippen LogP) is 3.61. The van der Waals surface area contributed by atoms with E-state index in [0.717, 1.165) is 23.7 Å². The first-order valence-corrected chi connectivity index (χ1v) is 6.40. The van der Waals surface area contributed by atoms with Crippen molar-refractivity contribution >= 4 is 27.5 Å². The number of halogens is 2. The minimum Gasteiger partial charge on any atom is -0.349 e. The van der Waals surface area contributed by atoms with Crippen LogP contribution in [0.4, 0.5) is 0 Å². The molecule has 0 fully saturated rings. The molecular formula is C12H12BrClN2. The molecule has 1 aromatic heterocycles. The van der Waals surface area contributed by atoms with Crippen LogP contribution in [0.15, 0.2) is 36.7 Å². The normalized spacial score (nSPS) is 12.6. The van der Waals surface area contributed by atoms with Crippen LogP contribution >= 0.6 is 27.5 Å². The lowest BCUT2D eigenvalue weighted by atomic mass is 10.1. The molecule has 1 unspecified atom stereocenters. The summed E-state index contributed by atoms with van der Waals surface area (Å²) in [6.07, 6.45) is 5.45. The average Bonchev–Trinajstić information content (AvgIpc) is 2.70. The highest BCUT2D eigenvalue weighted by molar-refractivity contribution is 9.09. The van der Waals surface area contributed by atoms with E-state index < -0.39 is 0 Å². The highest BCUT2D eigenvalue weighted by Gasteiger charge is 2.08. The van der Waals surface area contributed by atoms with Gasteiger partial charge < -0.3 is 4.98 Å². The van der Waals surface area contributed by atoms with Gasteiger partial charge >= 0.3 is 0 Å². The highest BCUT2D eigenvalue weighted by atomic mass is 79.9. The molecule has 0 amide bonds. The van der Waals surface area contributed by atoms with E-state index in [2.05, 4.69) is 32.0 Å². The summed E-state index contributed by atoms with van der Waals surface area (Å²) < 4.78 is 0. The Morgan fingerprint density at radius 1 is 1.38 bits per heavy atom. The number of hydrogen-bond donors (Lipinski definition) is 1. The molecule has 0 radical (unpaired) electrons. The Morgan fingerprint density at radius 3 is 2.94 bits per heavy atom. The summed E-state index contributed by atoms with van der Waals surface area (Å²) in [6, 6.07) is 7.95. The topological polar surface area (TPSA) is 28.7 Å². The second-order valence-corrected chi connectivity index (χ2v) is 5.40. The van der Waals surface area contributed by atoms with Crippen LogP contribution in [0.5, 0.6) is 0 Å². The van der Waals surface area contributed by atoms with Crippen molar-refractivity contribution in [1.29, 1.82) is 0 Å². The van der Waals surface area contributed by atoms with Crippen LogP contribution in [0.25, 0.3) is 0 Å². The maximum Gasteiger partial charge on any atom is 0.107 e. The Bertz CT molecular complexity index is 442. The van der Waals surface area contributed by atoms with E-state index in [-0.39, 0.29) is 0 Å². The predicted molar refractivity (Wildman–Crippen MR) is 70.2 cm³/mol. The maximum absolute atomic E-state index is 5.94. The molecule has 2 nitrogen and oxygen atoms in total. The number of aromatic nitrogens is 2. The molecule has 0 aliphatic rings. The van der Waals surface area contributed by atoms with Crippen molar-refractivity contribution in [1.82, 2.24) is 9.97 Å². The van der Waals surface area contributed by atoms with Gasteiger partial charge in [0.1, 0.15) is 5.82 Å². The third kappa shape index (κ3) is 3.35. The van der Waals surface area contributed by atoms with Gasteiger partial charge in [-0.05, 0) is 24.1 Å². The van der Waals surface area contributed by atoms with Gasteiger partial charge in [-0.15, -0.1) is 0 Å². The van der Waals surface area contributed by atoms with Gasteiger partial charge in [-0.3, -0.25) is 0 Å². The second kappa shape index (κ2) is 5.51. The van der Waals surface area contributed by atoms with E-state index in [1.807, 2.05) is 24.4 Å². The number of rotatable bonds is 4. The van der Waals surface area contributed by atoms with Crippen molar-refractivity contribution in [3.8, 4) is 0 Å². The summed E-state index contributed by atoms with van der Waals surface area (Å²) in [7, 11) is 0. The Labute approximate surface area is 108 Å². The van der Waals surface area contributed by atoms with E-state index in [1.165, 1.54) is 5.56 Å². The maximum atomic E-state index is 5.94. The Hall–Kier alpha value is -0.800. The van der Waals surface area contributed by atoms with Gasteiger partial charge in [0.05, 0.1) is 0 Å². The monoisotopic (exact) mass is 298 g/mol. The molecule has 1 N–H and O–H groups in total. The first-order chi connectivity index (χ1) is 7.74. The van der Waals surface area contributed by atoms with Crippen LogP contribution in [-0.2, 0) is 12.8 Å². The van der Waals surface area contributed by atoms with E-state index in [9.17, 15) is 0 Å². The molecule has 84 valence electrons. The number of nitrogens with zero attached hydrogens (tertiary/aromatic N) is 1. The zero-order valence-electron chi connectivity index (χ0n) is 8.66. The quantitative estimate of drug-likeness (QED) is 0.858. The molecule has 1 aromatic carbocycles. The van der Waals surface area contributed by atoms with E-state index >= 15 is 0 Å². The van der Waals surface area contributed by atoms with Gasteiger partial charge in [0, 0.05) is 28.7 Å². The molecule has 1 atom stereocenters. The summed E-state index contributed by atoms with van der Waals surface area (Å²) in [5.74, 6) is 1.00. The lowest BCUT2D eigenvalue weighted by Crippen LogP contribution is -2.07. The van der Waals surface area contributed by atoms with Crippen LogP contribution in [0, 0.1) is 0 Å². The van der Waals surface area contributed by atoms with Crippen molar-refractivity contribution < 1.29 is 0 Å². The minimum absolute atomic E-state index is 0.372. The fourth-order valence-corrected chi connectivity index (χ4v) is 2.50. The van der Waals surface area contributed by atoms with E-state index in [4.69, 9.17) is 11.6 Å². The molecule has 0 bridgehead atoms. The Kier molecular flexibility index (Phi) is 4.02. The molecule has 2 rings (SSSR count). The van der Waals surface area contributed by atoms with E-state index in [1.54, 1.807) is 6.20 Å². The van der Waals surface area contributed by atoms with Crippen LogP contribution in [0.1, 0.15) is 11.4 Å². The molecule has 0 aliphatic heterocycles. The van der Waals surface area contributed by atoms with Crippen molar-refractivity contribution in [2.45, 2.75) is 17.7 Å². The molecule has 16 heavy (non-hydrogen) atoms. The lowest BCUT2D eigenvalue weighted by molar-refractivity contribution is 0.814. The van der Waals surface area contributed by atoms with Gasteiger partial charge in [-0.25, -0.2) is 4.98 Å². The number of alkyl halides is 1. The SMILES string of the molecule is Clc1cccc(CC(Br)Cc2ncc[nH]2)c1. The second-order valence-electron chi connectivity index (χ2n) is 3.67. The van der Waals surface area contributed by atoms with Gasteiger partial charge in [0.15, 0.2) is 0 Å². The van der Waals surface area contributed by atoms with Gasteiger partial charge in [-0.2, -0.15) is 0 Å². The lowest BCUT2D eigenvalue weighted by Gasteiger charge is -2.08. The largest absolute Gasteiger partial charge is 0.349 e. The molecular weight excluding hydrogens is 288 g/mol. The molecule has 0 aliphatic carbocycles. The standard InChI is InChI=1S/C12H12BrClN2/c13-10(8-12-15-4-5-16-12)6-9-2-1-3-11(14)7-9/h1-5,7,10H,6,8H2,(H,15,16). The van der Waals surface area contributed by atoms with Gasteiger partial charge in [0.25, 0.3) is 0 Å². The van der Waals surface area contributed by atoms with Crippen molar-refractivity contribution in [2.75, 3.05) is 0 Å². The zero-order valence-corrected chi connectivity index (χ0v) is 11.0. The highest BCUT2D eigenvalue weighted by Crippen LogP contribution is 2.17. The summed E-state index contributed by atoms with van der Waals surface area (Å²) in [6.45, 7) is 0. The van der Waals surface area contributed by atoms with Gasteiger partial charge in [0.2, 0.25) is 0 Å². The van der Waals surface area contributed by atoms with Crippen molar-refractivity contribution in [3.05, 3.63) is 53.1 Å². The number of aromatic amines is 1. The summed E-state index contributed by atoms with van der Waals surface area (Å²) >= 11 is 9.59. The third-order valence-corrected chi connectivity index (χ3v) is 3.20. The van der Waals surface area contributed by atoms with Crippen molar-refractivity contribution in [3.63, 3.8) is 0 Å². The smallest absolute Gasteiger partial charge is 0.107 e. The Balaban J connectivity index is 1.94.